The molecule has 5 nitrogen and oxygen atoms in total. The van der Waals surface area contributed by atoms with E-state index in [2.05, 4.69) is 47.1 Å². The first-order valence-electron chi connectivity index (χ1n) is 9.10. The molecule has 0 aliphatic carbocycles. The van der Waals surface area contributed by atoms with Gasteiger partial charge in [-0.15, -0.1) is 0 Å². The summed E-state index contributed by atoms with van der Waals surface area (Å²) in [5, 5.41) is 10.2. The third-order valence-corrected chi connectivity index (χ3v) is 5.25. The van der Waals surface area contributed by atoms with Crippen molar-refractivity contribution in [2.75, 3.05) is 26.3 Å². The number of hydrogen-bond donors (Lipinski definition) is 3. The smallest absolute Gasteiger partial charge is 0.237 e. The molecule has 2 aliphatic rings. The summed E-state index contributed by atoms with van der Waals surface area (Å²) in [6.45, 7) is 5.27. The van der Waals surface area contributed by atoms with Crippen LogP contribution in [0.3, 0.4) is 0 Å². The maximum atomic E-state index is 12.4. The number of carbonyl (C=O) groups excluding carboxylic acids is 1. The maximum Gasteiger partial charge on any atom is 0.237 e. The molecule has 0 spiro atoms. The molecule has 2 unspecified atom stereocenters. The topological polar surface area (TPSA) is 62.4 Å². The molecule has 3 N–H and O–H groups in total. The lowest BCUT2D eigenvalue weighted by Gasteiger charge is -2.40. The van der Waals surface area contributed by atoms with E-state index in [-0.39, 0.29) is 23.5 Å². The summed E-state index contributed by atoms with van der Waals surface area (Å²) < 4.78 is 5.55. The van der Waals surface area contributed by atoms with E-state index >= 15 is 0 Å². The summed E-state index contributed by atoms with van der Waals surface area (Å²) in [6.07, 6.45) is 3.86. The van der Waals surface area contributed by atoms with Crippen LogP contribution in [-0.2, 0) is 9.53 Å². The van der Waals surface area contributed by atoms with Crippen molar-refractivity contribution < 1.29 is 9.53 Å². The second-order valence-corrected chi connectivity index (χ2v) is 7.04. The molecule has 1 aromatic carbocycles. The van der Waals surface area contributed by atoms with Gasteiger partial charge in [0.05, 0.1) is 6.04 Å². The zero-order valence-corrected chi connectivity index (χ0v) is 14.5. The SMILES string of the molecule is CC(NC1(CNC(=O)C2CCCN2)CCOCC1)c1ccccc1. The second kappa shape index (κ2) is 8.10. The van der Waals surface area contributed by atoms with Crippen molar-refractivity contribution in [3.05, 3.63) is 35.9 Å². The van der Waals surface area contributed by atoms with Crippen LogP contribution in [0.4, 0.5) is 0 Å². The highest BCUT2D eigenvalue weighted by atomic mass is 16.5. The fourth-order valence-electron chi connectivity index (χ4n) is 3.71. The number of amides is 1. The predicted molar refractivity (Wildman–Crippen MR) is 94.8 cm³/mol. The Morgan fingerprint density at radius 2 is 2.08 bits per heavy atom. The van der Waals surface area contributed by atoms with Crippen LogP contribution in [0.1, 0.15) is 44.2 Å². The van der Waals surface area contributed by atoms with E-state index in [1.807, 2.05) is 6.07 Å². The van der Waals surface area contributed by atoms with Crippen molar-refractivity contribution in [1.29, 1.82) is 0 Å². The molecule has 0 bridgehead atoms. The normalized spacial score (nSPS) is 24.5. The fraction of sp³-hybridized carbons (Fsp3) is 0.632. The lowest BCUT2D eigenvalue weighted by molar-refractivity contribution is -0.123. The molecule has 24 heavy (non-hydrogen) atoms. The largest absolute Gasteiger partial charge is 0.381 e. The molecule has 2 heterocycles. The molecule has 0 aromatic heterocycles. The molecule has 0 saturated carbocycles. The van der Waals surface area contributed by atoms with E-state index < -0.39 is 0 Å². The summed E-state index contributed by atoms with van der Waals surface area (Å²) in [6, 6.07) is 10.7. The summed E-state index contributed by atoms with van der Waals surface area (Å²) >= 11 is 0. The molecule has 2 atom stereocenters. The zero-order valence-electron chi connectivity index (χ0n) is 14.5. The number of nitrogens with one attached hydrogen (secondary N) is 3. The average molecular weight is 331 g/mol. The zero-order chi connectivity index (χ0) is 16.8. The van der Waals surface area contributed by atoms with Crippen molar-refractivity contribution in [2.45, 2.75) is 50.2 Å². The fourth-order valence-corrected chi connectivity index (χ4v) is 3.71. The summed E-state index contributed by atoms with van der Waals surface area (Å²) in [7, 11) is 0. The van der Waals surface area contributed by atoms with Crippen molar-refractivity contribution in [3.63, 3.8) is 0 Å². The Bertz CT molecular complexity index is 523. The standard InChI is InChI=1S/C19H29N3O2/c1-15(16-6-3-2-4-7-16)22-19(9-12-24-13-10-19)14-21-18(23)17-8-5-11-20-17/h2-4,6-7,15,17,20,22H,5,8-14H2,1H3,(H,21,23). The highest BCUT2D eigenvalue weighted by Gasteiger charge is 2.35. The highest BCUT2D eigenvalue weighted by Crippen LogP contribution is 2.25. The number of carbonyl (C=O) groups is 1. The predicted octanol–water partition coefficient (Wildman–Crippen LogP) is 1.75. The van der Waals surface area contributed by atoms with E-state index in [0.29, 0.717) is 6.54 Å². The second-order valence-electron chi connectivity index (χ2n) is 7.04. The third-order valence-electron chi connectivity index (χ3n) is 5.25. The number of hydrogen-bond acceptors (Lipinski definition) is 4. The van der Waals surface area contributed by atoms with Crippen LogP contribution in [0.2, 0.25) is 0 Å². The van der Waals surface area contributed by atoms with E-state index in [1.54, 1.807) is 0 Å². The summed E-state index contributed by atoms with van der Waals surface area (Å²) in [4.78, 5) is 12.4. The Kier molecular flexibility index (Phi) is 5.87. The Balaban J connectivity index is 1.62. The molecule has 1 aromatic rings. The summed E-state index contributed by atoms with van der Waals surface area (Å²) in [5.41, 5.74) is 1.18. The average Bonchev–Trinajstić information content (AvgIpc) is 3.16. The van der Waals surface area contributed by atoms with Crippen LogP contribution < -0.4 is 16.0 Å². The van der Waals surface area contributed by atoms with Gasteiger partial charge in [0.1, 0.15) is 0 Å². The van der Waals surface area contributed by atoms with E-state index in [1.165, 1.54) is 5.56 Å². The lowest BCUT2D eigenvalue weighted by Crippen LogP contribution is -2.58. The van der Waals surface area contributed by atoms with Crippen LogP contribution in [0, 0.1) is 0 Å². The van der Waals surface area contributed by atoms with Gasteiger partial charge in [-0.3, -0.25) is 4.79 Å². The monoisotopic (exact) mass is 331 g/mol. The van der Waals surface area contributed by atoms with Gasteiger partial charge in [0.25, 0.3) is 0 Å². The van der Waals surface area contributed by atoms with Gasteiger partial charge in [0, 0.05) is 31.3 Å². The maximum absolute atomic E-state index is 12.4. The highest BCUT2D eigenvalue weighted by molar-refractivity contribution is 5.82. The Labute approximate surface area is 144 Å². The van der Waals surface area contributed by atoms with Gasteiger partial charge in [-0.2, -0.15) is 0 Å². The third kappa shape index (κ3) is 4.35. The molecule has 0 radical (unpaired) electrons. The van der Waals surface area contributed by atoms with Gasteiger partial charge < -0.3 is 20.7 Å². The minimum Gasteiger partial charge on any atom is -0.381 e. The van der Waals surface area contributed by atoms with Crippen molar-refractivity contribution in [1.82, 2.24) is 16.0 Å². The Hall–Kier alpha value is -1.43. The van der Waals surface area contributed by atoms with Gasteiger partial charge in [0.15, 0.2) is 0 Å². The lowest BCUT2D eigenvalue weighted by atomic mass is 9.88. The first kappa shape index (κ1) is 17.4. The van der Waals surface area contributed by atoms with Crippen molar-refractivity contribution in [3.8, 4) is 0 Å². The molecule has 1 amide bonds. The van der Waals surface area contributed by atoms with Gasteiger partial charge in [-0.05, 0) is 44.7 Å². The van der Waals surface area contributed by atoms with E-state index in [4.69, 9.17) is 4.74 Å². The molecule has 2 aliphatic heterocycles. The van der Waals surface area contributed by atoms with Crippen LogP contribution in [-0.4, -0.2) is 43.8 Å². The molecule has 2 fully saturated rings. The first-order valence-corrected chi connectivity index (χ1v) is 9.10. The van der Waals surface area contributed by atoms with Crippen LogP contribution in [0.25, 0.3) is 0 Å². The molecular formula is C19H29N3O2. The molecule has 5 heteroatoms. The minimum atomic E-state index is -0.0955. The number of benzene rings is 1. The van der Waals surface area contributed by atoms with Crippen molar-refractivity contribution in [2.24, 2.45) is 0 Å². The molecule has 3 rings (SSSR count). The van der Waals surface area contributed by atoms with E-state index in [9.17, 15) is 4.79 Å². The van der Waals surface area contributed by atoms with Gasteiger partial charge >= 0.3 is 0 Å². The van der Waals surface area contributed by atoms with Crippen LogP contribution >= 0.6 is 0 Å². The van der Waals surface area contributed by atoms with Crippen molar-refractivity contribution >= 4 is 5.91 Å². The molecule has 2 saturated heterocycles. The van der Waals surface area contributed by atoms with Gasteiger partial charge in [-0.25, -0.2) is 0 Å². The number of ether oxygens (including phenoxy) is 1. The Morgan fingerprint density at radius 1 is 1.33 bits per heavy atom. The number of rotatable bonds is 6. The Morgan fingerprint density at radius 3 is 2.75 bits per heavy atom. The van der Waals surface area contributed by atoms with Crippen LogP contribution in [0.5, 0.6) is 0 Å². The molecule has 132 valence electrons. The quantitative estimate of drug-likeness (QED) is 0.743. The minimum absolute atomic E-state index is 0.0200. The van der Waals surface area contributed by atoms with Gasteiger partial charge in [-0.1, -0.05) is 30.3 Å². The summed E-state index contributed by atoms with van der Waals surface area (Å²) in [5.74, 6) is 0.132. The van der Waals surface area contributed by atoms with E-state index in [0.717, 1.165) is 45.4 Å². The van der Waals surface area contributed by atoms with Gasteiger partial charge in [0.2, 0.25) is 5.91 Å². The molecular weight excluding hydrogens is 302 g/mol. The first-order chi connectivity index (χ1) is 11.7. The van der Waals surface area contributed by atoms with Crippen LogP contribution in [0.15, 0.2) is 30.3 Å².